The van der Waals surface area contributed by atoms with E-state index in [9.17, 15) is 33.5 Å². The van der Waals surface area contributed by atoms with Gasteiger partial charge in [0.15, 0.2) is 6.10 Å². The van der Waals surface area contributed by atoms with Crippen molar-refractivity contribution in [2.75, 3.05) is 19.4 Å². The van der Waals surface area contributed by atoms with Gasteiger partial charge in [0.2, 0.25) is 5.91 Å². The van der Waals surface area contributed by atoms with Crippen LogP contribution in [-0.2, 0) is 20.9 Å². The highest BCUT2D eigenvalue weighted by Gasteiger charge is 2.24. The minimum atomic E-state index is -1.31. The molecule has 2 aromatic heterocycles. The van der Waals surface area contributed by atoms with Gasteiger partial charge in [-0.3, -0.25) is 14.4 Å². The molecule has 0 aliphatic carbocycles. The van der Waals surface area contributed by atoms with E-state index in [4.69, 9.17) is 10.5 Å². The second kappa shape index (κ2) is 11.9. The third-order valence-corrected chi connectivity index (χ3v) is 5.42. The lowest BCUT2D eigenvalue weighted by atomic mass is 10.1. The maximum atomic E-state index is 13.7. The highest BCUT2D eigenvalue weighted by atomic mass is 19.1. The minimum absolute atomic E-state index is 0.00545. The summed E-state index contributed by atoms with van der Waals surface area (Å²) in [5, 5.41) is 12.5. The number of carbonyl (C=O) groups excluding carboxylic acids is 3. The monoisotopic (exact) mass is 527 g/mol. The summed E-state index contributed by atoms with van der Waals surface area (Å²) in [6, 6.07) is 7.93. The number of aromatic nitrogens is 2. The molecule has 13 heteroatoms. The lowest BCUT2D eigenvalue weighted by molar-refractivity contribution is -0.125. The Morgan fingerprint density at radius 3 is 2.61 bits per heavy atom. The van der Waals surface area contributed by atoms with Crippen molar-refractivity contribution in [3.05, 3.63) is 76.6 Å². The Balaban J connectivity index is 1.86. The maximum absolute atomic E-state index is 13.7. The first-order chi connectivity index (χ1) is 18.0. The van der Waals surface area contributed by atoms with Crippen LogP contribution in [-0.4, -0.2) is 63.3 Å². The second-order valence-electron chi connectivity index (χ2n) is 8.45. The lowest BCUT2D eigenvalue weighted by Gasteiger charge is -2.19. The highest BCUT2D eigenvalue weighted by Crippen LogP contribution is 2.22. The van der Waals surface area contributed by atoms with E-state index in [1.165, 1.54) is 61.3 Å². The number of ether oxygens (including phenoxy) is 1. The van der Waals surface area contributed by atoms with Crippen LogP contribution >= 0.6 is 0 Å². The summed E-state index contributed by atoms with van der Waals surface area (Å²) in [7, 11) is 2.87. The molecule has 1 unspecified atom stereocenters. The van der Waals surface area contributed by atoms with Gasteiger partial charge in [-0.2, -0.15) is 0 Å². The van der Waals surface area contributed by atoms with Crippen molar-refractivity contribution in [2.45, 2.75) is 25.5 Å². The van der Waals surface area contributed by atoms with Gasteiger partial charge >= 0.3 is 12.2 Å². The number of halogens is 1. The number of amides is 3. The normalized spacial score (nSPS) is 11.9. The zero-order valence-electron chi connectivity index (χ0n) is 20.6. The van der Waals surface area contributed by atoms with E-state index in [1.807, 2.05) is 0 Å². The molecule has 0 aliphatic heterocycles. The molecular formula is C25H26FN5O7. The molecule has 0 saturated carbocycles. The van der Waals surface area contributed by atoms with Crippen LogP contribution < -0.4 is 16.6 Å². The fourth-order valence-electron chi connectivity index (χ4n) is 3.65. The number of nitrogens with two attached hydrogens (primary N) is 1. The molecule has 0 spiro atoms. The van der Waals surface area contributed by atoms with E-state index >= 15 is 0 Å². The van der Waals surface area contributed by atoms with Gasteiger partial charge in [0.1, 0.15) is 11.5 Å². The van der Waals surface area contributed by atoms with Crippen molar-refractivity contribution in [2.24, 2.45) is 5.73 Å². The molecule has 0 radical (unpaired) electrons. The van der Waals surface area contributed by atoms with E-state index in [2.05, 4.69) is 5.32 Å². The number of hydrogen-bond donors (Lipinski definition) is 3. The standard InChI is InChI=1S/C25H26FN5O7/c1-29(2)25(37)38-20(7-3-4-8-21(27)32)22(33)28-18-6-5-11-30(23(18)34)14-17-13-15-12-16(26)9-10-19(15)31(17)24(35)36/h4-6,8-13,20H,3,7,14H2,1-2H3,(H2,27,32)(H,28,33)(H,35,36)/b8-4+. The predicted octanol–water partition coefficient (Wildman–Crippen LogP) is 2.34. The number of primary amides is 1. The number of fused-ring (bicyclic) bond motifs is 1. The van der Waals surface area contributed by atoms with Gasteiger partial charge in [-0.1, -0.05) is 6.08 Å². The van der Waals surface area contributed by atoms with Crippen LogP contribution in [0, 0.1) is 5.82 Å². The summed E-state index contributed by atoms with van der Waals surface area (Å²) in [4.78, 5) is 62.0. The SMILES string of the molecule is CN(C)C(=O)OC(CC/C=C/C(N)=O)C(=O)Nc1cccn(Cc2cc3cc(F)ccc3n2C(=O)O)c1=O. The molecule has 4 N–H and O–H groups in total. The fraction of sp³-hybridized carbons (Fsp3) is 0.240. The zero-order valence-corrected chi connectivity index (χ0v) is 20.6. The number of pyridine rings is 1. The molecule has 3 rings (SSSR count). The van der Waals surface area contributed by atoms with Gasteiger partial charge in [0, 0.05) is 31.4 Å². The summed E-state index contributed by atoms with van der Waals surface area (Å²) in [5.41, 5.74) is 4.71. The fourth-order valence-corrected chi connectivity index (χ4v) is 3.65. The molecule has 1 aromatic carbocycles. The Morgan fingerprint density at radius 2 is 1.95 bits per heavy atom. The van der Waals surface area contributed by atoms with E-state index in [0.717, 1.165) is 21.6 Å². The smallest absolute Gasteiger partial charge is 0.416 e. The molecule has 3 aromatic rings. The topological polar surface area (TPSA) is 166 Å². The molecular weight excluding hydrogens is 501 g/mol. The third kappa shape index (κ3) is 6.63. The molecule has 0 saturated heterocycles. The average Bonchev–Trinajstić information content (AvgIpc) is 3.20. The van der Waals surface area contributed by atoms with Gasteiger partial charge in [0.25, 0.3) is 11.5 Å². The van der Waals surface area contributed by atoms with E-state index in [-0.39, 0.29) is 36.3 Å². The number of rotatable bonds is 9. The van der Waals surface area contributed by atoms with Crippen LogP contribution in [0.15, 0.2) is 59.5 Å². The molecule has 1 atom stereocenters. The molecule has 0 fully saturated rings. The minimum Gasteiger partial charge on any atom is -0.464 e. The van der Waals surface area contributed by atoms with Crippen LogP contribution in [0.4, 0.5) is 19.7 Å². The first-order valence-electron chi connectivity index (χ1n) is 11.4. The van der Waals surface area contributed by atoms with Gasteiger partial charge in [-0.05, 0) is 55.3 Å². The van der Waals surface area contributed by atoms with E-state index in [0.29, 0.717) is 5.39 Å². The number of carboxylic acid groups (broad SMARTS) is 1. The molecule has 38 heavy (non-hydrogen) atoms. The Kier molecular flexibility index (Phi) is 8.63. The molecule has 200 valence electrons. The first-order valence-corrected chi connectivity index (χ1v) is 11.4. The zero-order chi connectivity index (χ0) is 28.0. The number of anilines is 1. The summed E-state index contributed by atoms with van der Waals surface area (Å²) in [5.74, 6) is -1.99. The second-order valence-corrected chi connectivity index (χ2v) is 8.45. The largest absolute Gasteiger partial charge is 0.464 e. The summed E-state index contributed by atoms with van der Waals surface area (Å²) < 4.78 is 21.0. The van der Waals surface area contributed by atoms with Crippen LogP contribution in [0.5, 0.6) is 0 Å². The van der Waals surface area contributed by atoms with Crippen molar-refractivity contribution in [3.8, 4) is 0 Å². The molecule has 12 nitrogen and oxygen atoms in total. The molecule has 3 amide bonds. The Labute approximate surface area is 215 Å². The van der Waals surface area contributed by atoms with Crippen molar-refractivity contribution >= 4 is 40.6 Å². The van der Waals surface area contributed by atoms with Gasteiger partial charge in [-0.15, -0.1) is 0 Å². The third-order valence-electron chi connectivity index (χ3n) is 5.42. The number of benzene rings is 1. The number of hydrogen-bond acceptors (Lipinski definition) is 6. The summed E-state index contributed by atoms with van der Waals surface area (Å²) >= 11 is 0. The van der Waals surface area contributed by atoms with Crippen molar-refractivity contribution in [1.29, 1.82) is 0 Å². The van der Waals surface area contributed by atoms with E-state index in [1.54, 1.807) is 0 Å². The average molecular weight is 528 g/mol. The molecule has 0 bridgehead atoms. The van der Waals surface area contributed by atoms with Gasteiger partial charge in [0.05, 0.1) is 12.1 Å². The Bertz CT molecular complexity index is 1470. The molecule has 0 aliphatic rings. The van der Waals surface area contributed by atoms with Gasteiger partial charge in [-0.25, -0.2) is 18.5 Å². The quantitative estimate of drug-likeness (QED) is 0.359. The predicted molar refractivity (Wildman–Crippen MR) is 135 cm³/mol. The lowest BCUT2D eigenvalue weighted by Crippen LogP contribution is -2.37. The molecule has 2 heterocycles. The van der Waals surface area contributed by atoms with Crippen LogP contribution in [0.2, 0.25) is 0 Å². The first kappa shape index (κ1) is 27.6. The maximum Gasteiger partial charge on any atom is 0.416 e. The van der Waals surface area contributed by atoms with Crippen LogP contribution in [0.3, 0.4) is 0 Å². The Morgan fingerprint density at radius 1 is 1.21 bits per heavy atom. The van der Waals surface area contributed by atoms with Crippen molar-refractivity contribution in [1.82, 2.24) is 14.0 Å². The van der Waals surface area contributed by atoms with Crippen LogP contribution in [0.1, 0.15) is 18.5 Å². The van der Waals surface area contributed by atoms with Gasteiger partial charge < -0.3 is 30.4 Å². The number of allylic oxidation sites excluding steroid dienone is 1. The van der Waals surface area contributed by atoms with Crippen LogP contribution in [0.25, 0.3) is 10.9 Å². The Hall–Kier alpha value is -4.94. The highest BCUT2D eigenvalue weighted by molar-refractivity contribution is 5.95. The van der Waals surface area contributed by atoms with Crippen molar-refractivity contribution < 1.29 is 33.4 Å². The summed E-state index contributed by atoms with van der Waals surface area (Å²) in [6.07, 6.45) is 0.744. The number of nitrogens with one attached hydrogen (secondary N) is 1. The van der Waals surface area contributed by atoms with E-state index < -0.39 is 41.5 Å². The van der Waals surface area contributed by atoms with Crippen molar-refractivity contribution in [3.63, 3.8) is 0 Å². The summed E-state index contributed by atoms with van der Waals surface area (Å²) in [6.45, 7) is -0.192. The number of carbonyl (C=O) groups is 4. The number of nitrogens with zero attached hydrogens (tertiary/aromatic N) is 3.